The number of aromatic amines is 1. The van der Waals surface area contributed by atoms with Gasteiger partial charge >= 0.3 is 0 Å². The molecule has 0 aliphatic carbocycles. The average Bonchev–Trinajstić information content (AvgIpc) is 3.61. The molecule has 0 bridgehead atoms. The monoisotopic (exact) mass is 702 g/mol. The highest BCUT2D eigenvalue weighted by atomic mass is 16.2. The van der Waals surface area contributed by atoms with Gasteiger partial charge in [0.25, 0.3) is 17.7 Å². The number of carbonyl (C=O) groups is 3. The first-order chi connectivity index (χ1) is 25.1. The van der Waals surface area contributed by atoms with Gasteiger partial charge in [-0.2, -0.15) is 0 Å². The molecule has 11 nitrogen and oxygen atoms in total. The Hall–Kier alpha value is -5.23. The number of fused-ring (bicyclic) bond motifs is 1. The summed E-state index contributed by atoms with van der Waals surface area (Å²) in [4.78, 5) is 50.0. The van der Waals surface area contributed by atoms with Crippen LogP contribution >= 0.6 is 0 Å². The minimum absolute atomic E-state index is 0.126. The van der Waals surface area contributed by atoms with Crippen LogP contribution in [0.3, 0.4) is 0 Å². The van der Waals surface area contributed by atoms with Gasteiger partial charge in [-0.15, -0.1) is 0 Å². The number of nitrogens with zero attached hydrogens (tertiary/aromatic N) is 3. The molecular formula is C41H50N8O3. The van der Waals surface area contributed by atoms with E-state index >= 15 is 0 Å². The van der Waals surface area contributed by atoms with Crippen LogP contribution in [0.25, 0.3) is 11.6 Å². The number of likely N-dealkylation sites (N-methyl/N-ethyl adjacent to an activating group) is 2. The smallest absolute Gasteiger partial charge is 0.256 e. The highest BCUT2D eigenvalue weighted by Crippen LogP contribution is 2.40. The molecule has 3 aromatic carbocycles. The van der Waals surface area contributed by atoms with E-state index in [1.54, 1.807) is 0 Å². The highest BCUT2D eigenvalue weighted by Gasteiger charge is 2.28. The van der Waals surface area contributed by atoms with Crippen molar-refractivity contribution in [1.82, 2.24) is 25.0 Å². The van der Waals surface area contributed by atoms with Crippen molar-refractivity contribution in [2.45, 2.75) is 34.2 Å². The zero-order chi connectivity index (χ0) is 36.8. The second kappa shape index (κ2) is 16.4. The standard InChI is InChI=1S/C41H50N8O3/c1-6-48(7-2)19-18-42-41(52)37-27(3)36(43-28(37)4)25-34-33-12-9-13-35(38(33)46-40(34)51)44-31-10-8-11-32(24-31)45-39(50)30-16-14-29(15-17-30)26-49-22-20-47(5)21-23-49/h8-17,24-25,43-44H,6-7,18-23,26H2,1-5H3,(H,42,52)(H,45,50)(H,46,51). The number of hydrogen-bond donors (Lipinski definition) is 5. The van der Waals surface area contributed by atoms with E-state index in [2.05, 4.69) is 61.8 Å². The van der Waals surface area contributed by atoms with Crippen LogP contribution in [0.1, 0.15) is 62.6 Å². The van der Waals surface area contributed by atoms with Crippen LogP contribution in [-0.2, 0) is 11.3 Å². The van der Waals surface area contributed by atoms with E-state index in [9.17, 15) is 14.4 Å². The number of aromatic nitrogens is 1. The third-order valence-electron chi connectivity index (χ3n) is 10.1. The fraction of sp³-hybridized carbons (Fsp3) is 0.341. The van der Waals surface area contributed by atoms with Gasteiger partial charge in [0, 0.05) is 79.7 Å². The van der Waals surface area contributed by atoms with E-state index < -0.39 is 0 Å². The molecule has 1 aromatic heterocycles. The number of para-hydroxylation sites is 1. The van der Waals surface area contributed by atoms with Gasteiger partial charge < -0.3 is 36.1 Å². The summed E-state index contributed by atoms with van der Waals surface area (Å²) in [7, 11) is 2.15. The molecule has 52 heavy (non-hydrogen) atoms. The van der Waals surface area contributed by atoms with Gasteiger partial charge in [0.2, 0.25) is 0 Å². The van der Waals surface area contributed by atoms with Crippen LogP contribution in [0, 0.1) is 13.8 Å². The summed E-state index contributed by atoms with van der Waals surface area (Å²) in [5, 5.41) is 12.5. The maximum absolute atomic E-state index is 13.3. The predicted molar refractivity (Wildman–Crippen MR) is 210 cm³/mol. The number of piperazine rings is 1. The van der Waals surface area contributed by atoms with E-state index in [0.717, 1.165) is 86.2 Å². The molecule has 6 rings (SSSR count). The average molecular weight is 703 g/mol. The van der Waals surface area contributed by atoms with Crippen molar-refractivity contribution in [3.63, 3.8) is 0 Å². The van der Waals surface area contributed by atoms with Gasteiger partial charge in [0.1, 0.15) is 0 Å². The summed E-state index contributed by atoms with van der Waals surface area (Å²) in [5.41, 5.74) is 8.72. The highest BCUT2D eigenvalue weighted by molar-refractivity contribution is 6.36. The summed E-state index contributed by atoms with van der Waals surface area (Å²) in [6.45, 7) is 16.3. The van der Waals surface area contributed by atoms with Gasteiger partial charge in [0.05, 0.1) is 22.5 Å². The first-order valence-electron chi connectivity index (χ1n) is 18.2. The molecule has 11 heteroatoms. The molecule has 0 unspecified atom stereocenters. The van der Waals surface area contributed by atoms with E-state index in [-0.39, 0.29) is 17.7 Å². The molecule has 2 aliphatic heterocycles. The lowest BCUT2D eigenvalue weighted by Crippen LogP contribution is -2.43. The lowest BCUT2D eigenvalue weighted by Gasteiger charge is -2.32. The Morgan fingerprint density at radius 1 is 0.904 bits per heavy atom. The van der Waals surface area contributed by atoms with Gasteiger partial charge in [0.15, 0.2) is 0 Å². The molecule has 4 aromatic rings. The zero-order valence-corrected chi connectivity index (χ0v) is 30.9. The molecule has 0 atom stereocenters. The molecular weight excluding hydrogens is 653 g/mol. The van der Waals surface area contributed by atoms with Gasteiger partial charge in [-0.05, 0) is 87.6 Å². The lowest BCUT2D eigenvalue weighted by molar-refractivity contribution is -0.110. The number of H-pyrrole nitrogens is 1. The number of nitrogens with one attached hydrogen (secondary N) is 5. The largest absolute Gasteiger partial charge is 0.358 e. The summed E-state index contributed by atoms with van der Waals surface area (Å²) < 4.78 is 0. The van der Waals surface area contributed by atoms with Crippen molar-refractivity contribution >= 4 is 52.1 Å². The molecule has 0 radical (unpaired) electrons. The molecule has 5 N–H and O–H groups in total. The van der Waals surface area contributed by atoms with Gasteiger partial charge in [-0.3, -0.25) is 19.3 Å². The number of anilines is 4. The topological polar surface area (TPSA) is 125 Å². The SMILES string of the molecule is CCN(CC)CCNC(=O)c1c(C)[nH]c(C=C2C(=O)Nc3c(Nc4cccc(NC(=O)c5ccc(CN6CCN(C)CC6)cc5)c4)cccc32)c1C. The van der Waals surface area contributed by atoms with Crippen molar-refractivity contribution in [2.24, 2.45) is 0 Å². The third-order valence-corrected chi connectivity index (χ3v) is 10.1. The second-order valence-corrected chi connectivity index (χ2v) is 13.6. The normalized spacial score (nSPS) is 15.5. The Labute approximate surface area is 306 Å². The molecule has 0 spiro atoms. The van der Waals surface area contributed by atoms with E-state index in [1.165, 1.54) is 5.56 Å². The molecule has 3 amide bonds. The predicted octanol–water partition coefficient (Wildman–Crippen LogP) is 5.94. The second-order valence-electron chi connectivity index (χ2n) is 13.6. The Kier molecular flexibility index (Phi) is 11.5. The molecule has 1 saturated heterocycles. The fourth-order valence-corrected chi connectivity index (χ4v) is 6.88. The van der Waals surface area contributed by atoms with Gasteiger partial charge in [-0.1, -0.05) is 44.2 Å². The minimum atomic E-state index is -0.225. The number of benzene rings is 3. The van der Waals surface area contributed by atoms with Crippen molar-refractivity contribution < 1.29 is 14.4 Å². The lowest BCUT2D eigenvalue weighted by atomic mass is 10.0. The van der Waals surface area contributed by atoms with E-state index in [4.69, 9.17) is 0 Å². The number of hydrogen-bond acceptors (Lipinski definition) is 7. The summed E-state index contributed by atoms with van der Waals surface area (Å²) in [5.74, 6) is -0.531. The quantitative estimate of drug-likeness (QED) is 0.109. The van der Waals surface area contributed by atoms with Crippen molar-refractivity contribution in [3.8, 4) is 0 Å². The van der Waals surface area contributed by atoms with Crippen molar-refractivity contribution in [1.29, 1.82) is 0 Å². The Bertz CT molecular complexity index is 1950. The number of carbonyl (C=O) groups excluding carboxylic acids is 3. The molecule has 272 valence electrons. The molecule has 2 aliphatic rings. The van der Waals surface area contributed by atoms with Crippen molar-refractivity contribution in [2.75, 3.05) is 75.4 Å². The first-order valence-corrected chi connectivity index (χ1v) is 18.2. The first kappa shape index (κ1) is 36.6. The Balaban J connectivity index is 1.12. The van der Waals surface area contributed by atoms with Crippen molar-refractivity contribution in [3.05, 3.63) is 106 Å². The molecule has 1 fully saturated rings. The molecule has 0 saturated carbocycles. The Morgan fingerprint density at radius 3 is 2.35 bits per heavy atom. The zero-order valence-electron chi connectivity index (χ0n) is 30.9. The summed E-state index contributed by atoms with van der Waals surface area (Å²) in [6, 6.07) is 21.0. The van der Waals surface area contributed by atoms with Crippen LogP contribution in [0.5, 0.6) is 0 Å². The maximum atomic E-state index is 13.3. The van der Waals surface area contributed by atoms with E-state index in [0.29, 0.717) is 34.6 Å². The summed E-state index contributed by atoms with van der Waals surface area (Å²) in [6.07, 6.45) is 1.81. The number of amides is 3. The van der Waals surface area contributed by atoms with Crippen LogP contribution in [0.4, 0.5) is 22.7 Å². The third kappa shape index (κ3) is 8.45. The Morgan fingerprint density at radius 2 is 1.62 bits per heavy atom. The minimum Gasteiger partial charge on any atom is -0.358 e. The number of aryl methyl sites for hydroxylation is 1. The van der Waals surface area contributed by atoms with E-state index in [1.807, 2.05) is 86.7 Å². The summed E-state index contributed by atoms with van der Waals surface area (Å²) >= 11 is 0. The van der Waals surface area contributed by atoms with Gasteiger partial charge in [-0.25, -0.2) is 0 Å². The number of rotatable bonds is 13. The molecule has 3 heterocycles. The van der Waals surface area contributed by atoms with Crippen LogP contribution in [0.15, 0.2) is 66.7 Å². The maximum Gasteiger partial charge on any atom is 0.256 e. The van der Waals surface area contributed by atoms with Crippen LogP contribution in [0.2, 0.25) is 0 Å². The fourth-order valence-electron chi connectivity index (χ4n) is 6.88. The van der Waals surface area contributed by atoms with Crippen LogP contribution in [-0.4, -0.2) is 96.8 Å². The van der Waals surface area contributed by atoms with Crippen LogP contribution < -0.4 is 21.3 Å².